The molecule has 15 heavy (non-hydrogen) atoms. The molecule has 0 amide bonds. The molecule has 0 aliphatic heterocycles. The van der Waals surface area contributed by atoms with E-state index < -0.39 is 0 Å². The van der Waals surface area contributed by atoms with Gasteiger partial charge in [-0.25, -0.2) is 0 Å². The molecule has 0 spiro atoms. The van der Waals surface area contributed by atoms with Crippen molar-refractivity contribution in [2.45, 2.75) is 6.61 Å². The van der Waals surface area contributed by atoms with Crippen LogP contribution in [0.15, 0.2) is 36.4 Å². The van der Waals surface area contributed by atoms with Gasteiger partial charge < -0.3 is 15.2 Å². The van der Waals surface area contributed by atoms with Crippen LogP contribution in [-0.2, 0) is 6.61 Å². The zero-order valence-electron chi connectivity index (χ0n) is 8.99. The summed E-state index contributed by atoms with van der Waals surface area (Å²) in [7, 11) is 1.88. The van der Waals surface area contributed by atoms with E-state index in [0.717, 1.165) is 23.4 Å². The zero-order chi connectivity index (χ0) is 11.1. The normalized spacial score (nSPS) is 10.0. The SMILES string of the molecule is C=C(CNC)COc1ccc(CO)cc1. The van der Waals surface area contributed by atoms with E-state index in [1.54, 1.807) is 0 Å². The molecule has 0 radical (unpaired) electrons. The van der Waals surface area contributed by atoms with E-state index in [1.165, 1.54) is 0 Å². The Kier molecular flexibility index (Phi) is 4.87. The molecule has 0 aliphatic rings. The van der Waals surface area contributed by atoms with Gasteiger partial charge in [-0.3, -0.25) is 0 Å². The summed E-state index contributed by atoms with van der Waals surface area (Å²) in [6, 6.07) is 7.38. The second-order valence-corrected chi connectivity index (χ2v) is 3.37. The first-order valence-corrected chi connectivity index (χ1v) is 4.90. The van der Waals surface area contributed by atoms with Crippen molar-refractivity contribution in [3.63, 3.8) is 0 Å². The molecule has 0 aromatic heterocycles. The lowest BCUT2D eigenvalue weighted by atomic mass is 10.2. The zero-order valence-corrected chi connectivity index (χ0v) is 8.99. The Morgan fingerprint density at radius 1 is 1.40 bits per heavy atom. The molecule has 0 bridgehead atoms. The van der Waals surface area contributed by atoms with E-state index in [1.807, 2.05) is 31.3 Å². The maximum Gasteiger partial charge on any atom is 0.119 e. The fourth-order valence-electron chi connectivity index (χ4n) is 1.18. The van der Waals surface area contributed by atoms with Crippen molar-refractivity contribution in [3.8, 4) is 5.75 Å². The molecular weight excluding hydrogens is 190 g/mol. The summed E-state index contributed by atoms with van der Waals surface area (Å²) in [5, 5.41) is 11.9. The molecule has 0 saturated heterocycles. The molecule has 0 atom stereocenters. The molecule has 82 valence electrons. The van der Waals surface area contributed by atoms with Gasteiger partial charge in [-0.2, -0.15) is 0 Å². The predicted octanol–water partition coefficient (Wildman–Crippen LogP) is 1.33. The summed E-state index contributed by atoms with van der Waals surface area (Å²) >= 11 is 0. The monoisotopic (exact) mass is 207 g/mol. The Hall–Kier alpha value is -1.32. The number of ether oxygens (including phenoxy) is 1. The average Bonchev–Trinajstić information content (AvgIpc) is 2.27. The fraction of sp³-hybridized carbons (Fsp3) is 0.333. The minimum atomic E-state index is 0.0622. The van der Waals surface area contributed by atoms with E-state index in [9.17, 15) is 0 Å². The summed E-state index contributed by atoms with van der Waals surface area (Å²) in [5.74, 6) is 0.796. The first kappa shape index (κ1) is 11.8. The molecule has 3 heteroatoms. The number of hydrogen-bond acceptors (Lipinski definition) is 3. The lowest BCUT2D eigenvalue weighted by Gasteiger charge is -2.08. The van der Waals surface area contributed by atoms with Gasteiger partial charge in [0, 0.05) is 6.54 Å². The van der Waals surface area contributed by atoms with E-state index in [0.29, 0.717) is 6.61 Å². The number of rotatable bonds is 6. The number of aliphatic hydroxyl groups is 1. The Bertz CT molecular complexity index is 306. The van der Waals surface area contributed by atoms with Gasteiger partial charge in [0.15, 0.2) is 0 Å². The van der Waals surface area contributed by atoms with Crippen LogP contribution in [0.2, 0.25) is 0 Å². The van der Waals surface area contributed by atoms with Crippen molar-refractivity contribution in [2.75, 3.05) is 20.2 Å². The highest BCUT2D eigenvalue weighted by molar-refractivity contribution is 5.27. The summed E-state index contributed by atoms with van der Waals surface area (Å²) in [6.45, 7) is 5.20. The summed E-state index contributed by atoms with van der Waals surface area (Å²) in [4.78, 5) is 0. The van der Waals surface area contributed by atoms with Crippen molar-refractivity contribution >= 4 is 0 Å². The molecule has 1 aromatic carbocycles. The first-order chi connectivity index (χ1) is 7.26. The van der Waals surface area contributed by atoms with E-state index in [-0.39, 0.29) is 6.61 Å². The second-order valence-electron chi connectivity index (χ2n) is 3.37. The van der Waals surface area contributed by atoms with E-state index in [2.05, 4.69) is 11.9 Å². The van der Waals surface area contributed by atoms with Crippen LogP contribution in [0.25, 0.3) is 0 Å². The van der Waals surface area contributed by atoms with Gasteiger partial charge in [0.25, 0.3) is 0 Å². The van der Waals surface area contributed by atoms with Gasteiger partial charge >= 0.3 is 0 Å². The quantitative estimate of drug-likeness (QED) is 0.691. The van der Waals surface area contributed by atoms with Crippen molar-refractivity contribution in [2.24, 2.45) is 0 Å². The third-order valence-corrected chi connectivity index (χ3v) is 1.98. The predicted molar refractivity (Wildman–Crippen MR) is 60.9 cm³/mol. The highest BCUT2D eigenvalue weighted by Gasteiger charge is 1.96. The highest BCUT2D eigenvalue weighted by atomic mass is 16.5. The van der Waals surface area contributed by atoms with Crippen LogP contribution in [0.5, 0.6) is 5.75 Å². The summed E-state index contributed by atoms with van der Waals surface area (Å²) in [6.07, 6.45) is 0. The molecule has 2 N–H and O–H groups in total. The molecule has 0 heterocycles. The smallest absolute Gasteiger partial charge is 0.119 e. The molecule has 1 aromatic rings. The van der Waals surface area contributed by atoms with Gasteiger partial charge in [0.2, 0.25) is 0 Å². The van der Waals surface area contributed by atoms with Crippen LogP contribution in [-0.4, -0.2) is 25.3 Å². The van der Waals surface area contributed by atoms with Crippen molar-refractivity contribution in [1.29, 1.82) is 0 Å². The van der Waals surface area contributed by atoms with Gasteiger partial charge in [0.05, 0.1) is 6.61 Å². The van der Waals surface area contributed by atoms with Crippen molar-refractivity contribution in [3.05, 3.63) is 42.0 Å². The number of likely N-dealkylation sites (N-methyl/N-ethyl adjacent to an activating group) is 1. The lowest BCUT2D eigenvalue weighted by molar-refractivity contribution is 0.281. The maximum absolute atomic E-state index is 8.85. The number of nitrogens with one attached hydrogen (secondary N) is 1. The number of hydrogen-bond donors (Lipinski definition) is 2. The minimum Gasteiger partial charge on any atom is -0.489 e. The molecular formula is C12H17NO2. The second kappa shape index (κ2) is 6.22. The minimum absolute atomic E-state index is 0.0622. The van der Waals surface area contributed by atoms with Gasteiger partial charge in [-0.05, 0) is 30.3 Å². The van der Waals surface area contributed by atoms with E-state index in [4.69, 9.17) is 9.84 Å². The van der Waals surface area contributed by atoms with Gasteiger partial charge in [0.1, 0.15) is 12.4 Å². The molecule has 0 unspecified atom stereocenters. The summed E-state index contributed by atoms with van der Waals surface area (Å²) < 4.78 is 5.50. The lowest BCUT2D eigenvalue weighted by Crippen LogP contribution is -2.14. The van der Waals surface area contributed by atoms with Crippen LogP contribution in [0, 0.1) is 0 Å². The molecule has 0 saturated carbocycles. The number of benzene rings is 1. The molecule has 3 nitrogen and oxygen atoms in total. The van der Waals surface area contributed by atoms with Crippen LogP contribution in [0.4, 0.5) is 0 Å². The number of aliphatic hydroxyl groups excluding tert-OH is 1. The third kappa shape index (κ3) is 4.14. The molecule has 0 fully saturated rings. The van der Waals surface area contributed by atoms with Gasteiger partial charge in [-0.15, -0.1) is 0 Å². The third-order valence-electron chi connectivity index (χ3n) is 1.98. The van der Waals surface area contributed by atoms with Crippen LogP contribution < -0.4 is 10.1 Å². The van der Waals surface area contributed by atoms with Gasteiger partial charge in [-0.1, -0.05) is 18.7 Å². The van der Waals surface area contributed by atoms with Crippen LogP contribution >= 0.6 is 0 Å². The van der Waals surface area contributed by atoms with E-state index >= 15 is 0 Å². The average molecular weight is 207 g/mol. The highest BCUT2D eigenvalue weighted by Crippen LogP contribution is 2.12. The first-order valence-electron chi connectivity index (χ1n) is 4.90. The Morgan fingerprint density at radius 3 is 2.60 bits per heavy atom. The van der Waals surface area contributed by atoms with Crippen LogP contribution in [0.3, 0.4) is 0 Å². The Labute approximate surface area is 90.4 Å². The summed E-state index contributed by atoms with van der Waals surface area (Å²) in [5.41, 5.74) is 1.89. The fourth-order valence-corrected chi connectivity index (χ4v) is 1.18. The largest absolute Gasteiger partial charge is 0.489 e. The van der Waals surface area contributed by atoms with Crippen molar-refractivity contribution in [1.82, 2.24) is 5.32 Å². The maximum atomic E-state index is 8.85. The molecule has 1 rings (SSSR count). The van der Waals surface area contributed by atoms with Crippen LogP contribution in [0.1, 0.15) is 5.56 Å². The van der Waals surface area contributed by atoms with Crippen molar-refractivity contribution < 1.29 is 9.84 Å². The topological polar surface area (TPSA) is 41.5 Å². The standard InChI is InChI=1S/C12H17NO2/c1-10(7-13-2)9-15-12-5-3-11(8-14)4-6-12/h3-6,13-14H,1,7-9H2,2H3. The Morgan fingerprint density at radius 2 is 2.07 bits per heavy atom. The molecule has 0 aliphatic carbocycles. The Balaban J connectivity index is 2.40.